The zero-order valence-electron chi connectivity index (χ0n) is 10.00. The van der Waals surface area contributed by atoms with Crippen LogP contribution in [0.4, 0.5) is 0 Å². The number of nitrogens with one attached hydrogen (secondary N) is 1. The summed E-state index contributed by atoms with van der Waals surface area (Å²) in [6, 6.07) is 12.9. The van der Waals surface area contributed by atoms with Crippen molar-refractivity contribution in [2.24, 2.45) is 5.10 Å². The lowest BCUT2D eigenvalue weighted by Crippen LogP contribution is -2.17. The topological polar surface area (TPSA) is 54.4 Å². The van der Waals surface area contributed by atoms with Gasteiger partial charge in [0.05, 0.1) is 6.21 Å². The van der Waals surface area contributed by atoms with Gasteiger partial charge in [0.2, 0.25) is 0 Å². The molecule has 4 heteroatoms. The van der Waals surface area contributed by atoms with Crippen molar-refractivity contribution in [2.75, 3.05) is 0 Å². The number of pyridine rings is 1. The van der Waals surface area contributed by atoms with Gasteiger partial charge in [-0.3, -0.25) is 9.78 Å². The second-order valence-electron chi connectivity index (χ2n) is 3.80. The van der Waals surface area contributed by atoms with Crippen molar-refractivity contribution in [3.05, 3.63) is 65.5 Å². The number of hydrogen-bond donors (Lipinski definition) is 1. The predicted molar refractivity (Wildman–Crippen MR) is 70.5 cm³/mol. The van der Waals surface area contributed by atoms with E-state index >= 15 is 0 Å². The van der Waals surface area contributed by atoms with E-state index in [0.29, 0.717) is 5.56 Å². The molecule has 0 aliphatic carbocycles. The fourth-order valence-corrected chi connectivity index (χ4v) is 1.46. The summed E-state index contributed by atoms with van der Waals surface area (Å²) in [5.74, 6) is -0.243. The molecule has 0 spiro atoms. The Bertz CT molecular complexity index is 564. The molecular formula is C14H13N3O. The minimum atomic E-state index is -0.243. The molecule has 0 unspecified atom stereocenters. The molecule has 1 heterocycles. The second kappa shape index (κ2) is 5.72. The molecule has 2 aromatic rings. The van der Waals surface area contributed by atoms with Crippen LogP contribution in [-0.2, 0) is 0 Å². The largest absolute Gasteiger partial charge is 0.271 e. The van der Waals surface area contributed by atoms with Gasteiger partial charge in [0.1, 0.15) is 0 Å². The number of hydrogen-bond acceptors (Lipinski definition) is 3. The monoisotopic (exact) mass is 239 g/mol. The maximum Gasteiger partial charge on any atom is 0.271 e. The third kappa shape index (κ3) is 3.25. The number of aryl methyl sites for hydroxylation is 1. The van der Waals surface area contributed by atoms with E-state index in [1.54, 1.807) is 24.5 Å². The van der Waals surface area contributed by atoms with Crippen molar-refractivity contribution in [3.8, 4) is 0 Å². The third-order valence-corrected chi connectivity index (χ3v) is 2.34. The summed E-state index contributed by atoms with van der Waals surface area (Å²) in [5.41, 5.74) is 4.76. The first kappa shape index (κ1) is 12.0. The van der Waals surface area contributed by atoms with Gasteiger partial charge in [-0.2, -0.15) is 5.10 Å². The van der Waals surface area contributed by atoms with Gasteiger partial charge in [0.15, 0.2) is 0 Å². The molecule has 18 heavy (non-hydrogen) atoms. The molecule has 0 saturated heterocycles. The number of benzene rings is 1. The van der Waals surface area contributed by atoms with Gasteiger partial charge in [-0.25, -0.2) is 5.43 Å². The fraction of sp³-hybridized carbons (Fsp3) is 0.0714. The maximum absolute atomic E-state index is 11.7. The van der Waals surface area contributed by atoms with Gasteiger partial charge in [0, 0.05) is 17.5 Å². The molecule has 0 radical (unpaired) electrons. The Morgan fingerprint density at radius 3 is 2.78 bits per heavy atom. The highest BCUT2D eigenvalue weighted by Crippen LogP contribution is 2.00. The van der Waals surface area contributed by atoms with Gasteiger partial charge in [-0.15, -0.1) is 0 Å². The predicted octanol–water partition coefficient (Wildman–Crippen LogP) is 2.15. The summed E-state index contributed by atoms with van der Waals surface area (Å²) in [6.07, 6.45) is 3.21. The summed E-state index contributed by atoms with van der Waals surface area (Å²) in [5, 5.41) is 3.90. The lowest BCUT2D eigenvalue weighted by molar-refractivity contribution is 0.0955. The van der Waals surface area contributed by atoms with Crippen molar-refractivity contribution in [2.45, 2.75) is 6.92 Å². The molecule has 0 aliphatic heterocycles. The lowest BCUT2D eigenvalue weighted by Gasteiger charge is -2.00. The van der Waals surface area contributed by atoms with E-state index in [2.05, 4.69) is 15.5 Å². The van der Waals surface area contributed by atoms with Gasteiger partial charge < -0.3 is 0 Å². The first-order valence-electron chi connectivity index (χ1n) is 5.57. The van der Waals surface area contributed by atoms with Crippen LogP contribution in [0.2, 0.25) is 0 Å². The number of nitrogens with zero attached hydrogens (tertiary/aromatic N) is 2. The number of rotatable bonds is 3. The van der Waals surface area contributed by atoms with Crippen molar-refractivity contribution in [1.29, 1.82) is 0 Å². The van der Waals surface area contributed by atoms with Crippen LogP contribution in [0, 0.1) is 6.92 Å². The fourth-order valence-electron chi connectivity index (χ4n) is 1.46. The zero-order chi connectivity index (χ0) is 12.8. The summed E-state index contributed by atoms with van der Waals surface area (Å²) in [6.45, 7) is 1.84. The minimum Gasteiger partial charge on any atom is -0.267 e. The Hall–Kier alpha value is -2.49. The number of amides is 1. The average molecular weight is 239 g/mol. The highest BCUT2D eigenvalue weighted by molar-refractivity contribution is 5.94. The van der Waals surface area contributed by atoms with E-state index < -0.39 is 0 Å². The Balaban J connectivity index is 1.99. The van der Waals surface area contributed by atoms with Gasteiger partial charge >= 0.3 is 0 Å². The molecule has 2 rings (SSSR count). The van der Waals surface area contributed by atoms with Crippen LogP contribution in [0.25, 0.3) is 0 Å². The first-order chi connectivity index (χ1) is 8.75. The van der Waals surface area contributed by atoms with Crippen LogP contribution in [0.3, 0.4) is 0 Å². The normalized spacial score (nSPS) is 10.5. The van der Waals surface area contributed by atoms with Crippen LogP contribution < -0.4 is 5.43 Å². The highest BCUT2D eigenvalue weighted by atomic mass is 16.2. The lowest BCUT2D eigenvalue weighted by atomic mass is 10.2. The van der Waals surface area contributed by atoms with Crippen molar-refractivity contribution in [3.63, 3.8) is 0 Å². The number of carbonyl (C=O) groups is 1. The number of carbonyl (C=O) groups excluding carboxylic acids is 1. The van der Waals surface area contributed by atoms with Crippen LogP contribution in [0.15, 0.2) is 53.8 Å². The van der Waals surface area contributed by atoms with E-state index in [0.717, 1.165) is 11.3 Å². The van der Waals surface area contributed by atoms with Crippen molar-refractivity contribution in [1.82, 2.24) is 10.4 Å². The second-order valence-corrected chi connectivity index (χ2v) is 3.80. The Labute approximate surface area is 105 Å². The minimum absolute atomic E-state index is 0.243. The molecule has 0 saturated carbocycles. The zero-order valence-corrected chi connectivity index (χ0v) is 10.00. The summed E-state index contributed by atoms with van der Waals surface area (Å²) >= 11 is 0. The van der Waals surface area contributed by atoms with Gasteiger partial charge in [-0.1, -0.05) is 30.3 Å². The summed E-state index contributed by atoms with van der Waals surface area (Å²) < 4.78 is 0. The third-order valence-electron chi connectivity index (χ3n) is 2.34. The number of hydrazone groups is 1. The molecule has 4 nitrogen and oxygen atoms in total. The van der Waals surface area contributed by atoms with E-state index in [1.807, 2.05) is 37.3 Å². The van der Waals surface area contributed by atoms with E-state index in [4.69, 9.17) is 0 Å². The molecule has 1 amide bonds. The molecule has 1 N–H and O–H groups in total. The van der Waals surface area contributed by atoms with Crippen LogP contribution >= 0.6 is 0 Å². The van der Waals surface area contributed by atoms with Crippen LogP contribution in [0.1, 0.15) is 21.6 Å². The van der Waals surface area contributed by atoms with Crippen LogP contribution in [0.5, 0.6) is 0 Å². The van der Waals surface area contributed by atoms with Gasteiger partial charge in [-0.05, 0) is 24.6 Å². The molecule has 0 bridgehead atoms. The summed E-state index contributed by atoms with van der Waals surface area (Å²) in [7, 11) is 0. The molecule has 0 aliphatic rings. The van der Waals surface area contributed by atoms with Crippen LogP contribution in [-0.4, -0.2) is 17.1 Å². The molecule has 1 aromatic carbocycles. The Kier molecular flexibility index (Phi) is 3.81. The van der Waals surface area contributed by atoms with E-state index in [9.17, 15) is 4.79 Å². The highest BCUT2D eigenvalue weighted by Gasteiger charge is 2.03. The average Bonchev–Trinajstić information content (AvgIpc) is 2.40. The Morgan fingerprint density at radius 2 is 2.06 bits per heavy atom. The molecular weight excluding hydrogens is 226 g/mol. The summed E-state index contributed by atoms with van der Waals surface area (Å²) in [4.78, 5) is 15.8. The molecule has 90 valence electrons. The van der Waals surface area contributed by atoms with Crippen molar-refractivity contribution < 1.29 is 4.79 Å². The maximum atomic E-state index is 11.7. The number of aromatic nitrogens is 1. The molecule has 1 aromatic heterocycles. The molecule has 0 fully saturated rings. The van der Waals surface area contributed by atoms with Gasteiger partial charge in [0.25, 0.3) is 5.91 Å². The molecule has 0 atom stereocenters. The quantitative estimate of drug-likeness (QED) is 0.659. The van der Waals surface area contributed by atoms with E-state index in [1.165, 1.54) is 0 Å². The first-order valence-corrected chi connectivity index (χ1v) is 5.57. The van der Waals surface area contributed by atoms with Crippen molar-refractivity contribution >= 4 is 12.1 Å². The van der Waals surface area contributed by atoms with E-state index in [-0.39, 0.29) is 5.91 Å². The smallest absolute Gasteiger partial charge is 0.267 e. The SMILES string of the molecule is Cc1cc(C(=O)N/N=C\c2ccccc2)ccn1. The standard InChI is InChI=1S/C14H13N3O/c1-11-9-13(7-8-15-11)14(18)17-16-10-12-5-3-2-4-6-12/h2-10H,1H3,(H,17,18)/b16-10-. The Morgan fingerprint density at radius 1 is 1.28 bits per heavy atom.